The van der Waals surface area contributed by atoms with Gasteiger partial charge in [0.05, 0.1) is 10.2 Å². The Morgan fingerprint density at radius 2 is 1.66 bits per heavy atom. The Morgan fingerprint density at radius 1 is 0.966 bits per heavy atom. The van der Waals surface area contributed by atoms with Crippen LogP contribution in [0.5, 0.6) is 5.75 Å². The Hall–Kier alpha value is -3.18. The molecule has 0 saturated heterocycles. The highest BCUT2D eigenvalue weighted by atomic mass is 32.1. The molecule has 0 aliphatic rings. The van der Waals surface area contributed by atoms with E-state index in [-0.39, 0.29) is 5.91 Å². The van der Waals surface area contributed by atoms with E-state index in [1.807, 2.05) is 72.8 Å². The van der Waals surface area contributed by atoms with Crippen LogP contribution in [0.4, 0.5) is 0 Å². The lowest BCUT2D eigenvalue weighted by atomic mass is 10.1. The molecule has 0 saturated carbocycles. The summed E-state index contributed by atoms with van der Waals surface area (Å²) in [5, 5.41) is 3.96. The summed E-state index contributed by atoms with van der Waals surface area (Å²) in [6, 6.07) is 25.6. The molecule has 0 aliphatic carbocycles. The van der Waals surface area contributed by atoms with Gasteiger partial charge in [-0.05, 0) is 43.7 Å². The molecule has 4 nitrogen and oxygen atoms in total. The molecule has 0 aliphatic heterocycles. The fourth-order valence-corrected chi connectivity index (χ4v) is 3.96. The summed E-state index contributed by atoms with van der Waals surface area (Å²) in [4.78, 5) is 17.3. The van der Waals surface area contributed by atoms with E-state index >= 15 is 0 Å². The van der Waals surface area contributed by atoms with E-state index in [9.17, 15) is 4.79 Å². The molecule has 0 fully saturated rings. The number of fused-ring (bicyclic) bond motifs is 1. The Labute approximate surface area is 174 Å². The molecule has 29 heavy (non-hydrogen) atoms. The smallest absolute Gasteiger partial charge is 0.263 e. The van der Waals surface area contributed by atoms with Crippen LogP contribution in [0.15, 0.2) is 78.9 Å². The first kappa shape index (κ1) is 19.2. The van der Waals surface area contributed by atoms with Crippen molar-refractivity contribution in [2.24, 2.45) is 0 Å². The molecule has 5 heteroatoms. The molecular weight excluding hydrogens is 380 g/mol. The van der Waals surface area contributed by atoms with Gasteiger partial charge in [-0.1, -0.05) is 54.6 Å². The van der Waals surface area contributed by atoms with Crippen molar-refractivity contribution in [1.29, 1.82) is 0 Å². The van der Waals surface area contributed by atoms with Crippen molar-refractivity contribution in [1.82, 2.24) is 10.3 Å². The number of amides is 1. The van der Waals surface area contributed by atoms with E-state index in [1.165, 1.54) is 4.70 Å². The zero-order valence-electron chi connectivity index (χ0n) is 16.4. The number of thiazole rings is 1. The second-order valence-electron chi connectivity index (χ2n) is 7.29. The number of hydrogen-bond acceptors (Lipinski definition) is 4. The van der Waals surface area contributed by atoms with Gasteiger partial charge in [0.25, 0.3) is 5.91 Å². The highest BCUT2D eigenvalue weighted by molar-refractivity contribution is 7.21. The molecule has 0 atom stereocenters. The first-order valence-corrected chi connectivity index (χ1v) is 10.3. The summed E-state index contributed by atoms with van der Waals surface area (Å²) in [5.74, 6) is 0.518. The molecule has 146 valence electrons. The van der Waals surface area contributed by atoms with Crippen molar-refractivity contribution >= 4 is 27.5 Å². The highest BCUT2D eigenvalue weighted by Crippen LogP contribution is 2.30. The van der Waals surface area contributed by atoms with Gasteiger partial charge >= 0.3 is 0 Å². The molecule has 4 aromatic rings. The molecule has 1 aromatic heterocycles. The van der Waals surface area contributed by atoms with E-state index in [0.29, 0.717) is 12.3 Å². The lowest BCUT2D eigenvalue weighted by Gasteiger charge is -2.25. The summed E-state index contributed by atoms with van der Waals surface area (Å²) < 4.78 is 7.02. The maximum Gasteiger partial charge on any atom is 0.263 e. The number of para-hydroxylation sites is 2. The molecule has 0 radical (unpaired) electrons. The number of benzene rings is 3. The van der Waals surface area contributed by atoms with E-state index in [0.717, 1.165) is 21.7 Å². The number of nitrogens with zero attached hydrogens (tertiary/aromatic N) is 1. The van der Waals surface area contributed by atoms with Crippen molar-refractivity contribution in [3.63, 3.8) is 0 Å². The van der Waals surface area contributed by atoms with Crippen molar-refractivity contribution in [3.05, 3.63) is 84.4 Å². The van der Waals surface area contributed by atoms with E-state index in [1.54, 1.807) is 25.2 Å². The molecule has 4 rings (SSSR count). The minimum absolute atomic E-state index is 0.156. The number of hydrogen-bond donors (Lipinski definition) is 1. The van der Waals surface area contributed by atoms with Crippen LogP contribution in [-0.2, 0) is 11.3 Å². The average molecular weight is 403 g/mol. The van der Waals surface area contributed by atoms with E-state index in [4.69, 9.17) is 9.72 Å². The molecule has 0 bridgehead atoms. The van der Waals surface area contributed by atoms with Crippen molar-refractivity contribution < 1.29 is 9.53 Å². The molecule has 1 N–H and O–H groups in total. The van der Waals surface area contributed by atoms with Gasteiger partial charge in [-0.25, -0.2) is 4.98 Å². The van der Waals surface area contributed by atoms with Gasteiger partial charge < -0.3 is 10.1 Å². The predicted octanol–water partition coefficient (Wildman–Crippen LogP) is 5.44. The molecule has 3 aromatic carbocycles. The molecule has 0 spiro atoms. The SMILES string of the molecule is CC(C)(Oc1ccccc1)C(=O)NCc1ccc(-c2nc3ccccc3s2)cc1. The normalized spacial score (nSPS) is 11.4. The Balaban J connectivity index is 1.39. The van der Waals surface area contributed by atoms with Gasteiger partial charge in [0.1, 0.15) is 10.8 Å². The van der Waals surface area contributed by atoms with E-state index in [2.05, 4.69) is 11.4 Å². The van der Waals surface area contributed by atoms with Crippen LogP contribution in [0.1, 0.15) is 19.4 Å². The monoisotopic (exact) mass is 402 g/mol. The largest absolute Gasteiger partial charge is 0.478 e. The quantitative estimate of drug-likeness (QED) is 0.467. The summed E-state index contributed by atoms with van der Waals surface area (Å²) in [5.41, 5.74) is 2.17. The zero-order chi connectivity index (χ0) is 20.3. The number of carbonyl (C=O) groups excluding carboxylic acids is 1. The van der Waals surface area contributed by atoms with Crippen LogP contribution in [0.25, 0.3) is 20.8 Å². The molecule has 1 amide bonds. The molecular formula is C24H22N2O2S. The van der Waals surface area contributed by atoms with Gasteiger partial charge in [0.2, 0.25) is 0 Å². The van der Waals surface area contributed by atoms with Gasteiger partial charge in [0.15, 0.2) is 5.60 Å². The fourth-order valence-electron chi connectivity index (χ4n) is 2.99. The van der Waals surface area contributed by atoms with Gasteiger partial charge in [-0.15, -0.1) is 11.3 Å². The van der Waals surface area contributed by atoms with E-state index < -0.39 is 5.60 Å². The second-order valence-corrected chi connectivity index (χ2v) is 8.32. The summed E-state index contributed by atoms with van der Waals surface area (Å²) in [6.07, 6.45) is 0. The average Bonchev–Trinajstić information content (AvgIpc) is 3.17. The predicted molar refractivity (Wildman–Crippen MR) is 118 cm³/mol. The minimum atomic E-state index is -0.956. The maximum absolute atomic E-state index is 12.6. The lowest BCUT2D eigenvalue weighted by molar-refractivity contribution is -0.134. The van der Waals surface area contributed by atoms with Gasteiger partial charge in [0, 0.05) is 12.1 Å². The number of nitrogens with one attached hydrogen (secondary N) is 1. The van der Waals surface area contributed by atoms with Crippen molar-refractivity contribution in [2.75, 3.05) is 0 Å². The number of ether oxygens (including phenoxy) is 1. The third-order valence-electron chi connectivity index (χ3n) is 4.61. The Morgan fingerprint density at radius 3 is 2.38 bits per heavy atom. The van der Waals surface area contributed by atoms with Crippen molar-refractivity contribution in [2.45, 2.75) is 26.0 Å². The summed E-state index contributed by atoms with van der Waals surface area (Å²) in [6.45, 7) is 3.98. The fraction of sp³-hybridized carbons (Fsp3) is 0.167. The molecule has 1 heterocycles. The highest BCUT2D eigenvalue weighted by Gasteiger charge is 2.29. The number of rotatable bonds is 6. The number of aromatic nitrogens is 1. The van der Waals surface area contributed by atoms with Gasteiger partial charge in [-0.2, -0.15) is 0 Å². The second kappa shape index (κ2) is 8.05. The Bertz CT molecular complexity index is 1090. The topological polar surface area (TPSA) is 51.2 Å². The van der Waals surface area contributed by atoms with Crippen molar-refractivity contribution in [3.8, 4) is 16.3 Å². The third kappa shape index (κ3) is 4.46. The van der Waals surface area contributed by atoms with Gasteiger partial charge in [-0.3, -0.25) is 4.79 Å². The maximum atomic E-state index is 12.6. The summed E-state index contributed by atoms with van der Waals surface area (Å²) >= 11 is 1.68. The van der Waals surface area contributed by atoms with Crippen LogP contribution in [0.3, 0.4) is 0 Å². The first-order valence-electron chi connectivity index (χ1n) is 9.48. The zero-order valence-corrected chi connectivity index (χ0v) is 17.2. The summed E-state index contributed by atoms with van der Waals surface area (Å²) in [7, 11) is 0. The Kier molecular flexibility index (Phi) is 5.32. The standard InChI is InChI=1S/C24H22N2O2S/c1-24(2,28-19-8-4-3-5-9-19)23(27)25-16-17-12-14-18(15-13-17)22-26-20-10-6-7-11-21(20)29-22/h3-15H,16H2,1-2H3,(H,25,27). The van der Waals surface area contributed by atoms with Crippen LogP contribution in [-0.4, -0.2) is 16.5 Å². The van der Waals surface area contributed by atoms with Crippen LogP contribution >= 0.6 is 11.3 Å². The van der Waals surface area contributed by atoms with Crippen LogP contribution in [0, 0.1) is 0 Å². The number of carbonyl (C=O) groups is 1. The third-order valence-corrected chi connectivity index (χ3v) is 5.70. The lowest BCUT2D eigenvalue weighted by Crippen LogP contribution is -2.46. The van der Waals surface area contributed by atoms with Crippen LogP contribution < -0.4 is 10.1 Å². The van der Waals surface area contributed by atoms with Crippen LogP contribution in [0.2, 0.25) is 0 Å². The molecule has 0 unspecified atom stereocenters. The minimum Gasteiger partial charge on any atom is -0.478 e. The first-order chi connectivity index (χ1) is 14.0.